The summed E-state index contributed by atoms with van der Waals surface area (Å²) in [6.07, 6.45) is 13.4. The summed E-state index contributed by atoms with van der Waals surface area (Å²) < 4.78 is 1.78. The van der Waals surface area contributed by atoms with E-state index in [0.29, 0.717) is 24.1 Å². The second-order valence-electron chi connectivity index (χ2n) is 8.49. The quantitative estimate of drug-likeness (QED) is 0.810. The molecule has 1 aromatic heterocycles. The Morgan fingerprint density at radius 1 is 1.32 bits per heavy atom. The minimum atomic E-state index is -0.716. The highest BCUT2D eigenvalue weighted by Crippen LogP contribution is 2.62. The predicted octanol–water partition coefficient (Wildman–Crippen LogP) is 2.66. The largest absolute Gasteiger partial charge is 0.481 e. The maximum Gasteiger partial charge on any atom is 0.303 e. The van der Waals surface area contributed by atoms with Gasteiger partial charge in [0.25, 0.3) is 5.91 Å². The first-order chi connectivity index (χ1) is 11.9. The zero-order chi connectivity index (χ0) is 17.7. The van der Waals surface area contributed by atoms with Crippen LogP contribution in [0.3, 0.4) is 0 Å². The lowest BCUT2D eigenvalue weighted by molar-refractivity contribution is -0.147. The van der Waals surface area contributed by atoms with Gasteiger partial charge < -0.3 is 15.0 Å². The van der Waals surface area contributed by atoms with Crippen LogP contribution in [0.15, 0.2) is 18.3 Å². The molecule has 0 saturated heterocycles. The summed E-state index contributed by atoms with van der Waals surface area (Å²) in [7, 11) is 0. The SMILES string of the molecule is C#CCn1cccc1C(=O)NC12CC3CC(CC(CC(=O)O)(C3)C1)C2. The highest BCUT2D eigenvalue weighted by molar-refractivity contribution is 5.93. The van der Waals surface area contributed by atoms with Gasteiger partial charge in [-0.2, -0.15) is 0 Å². The Balaban J connectivity index is 1.57. The minimum absolute atomic E-state index is 0.0901. The number of carbonyl (C=O) groups is 2. The number of amides is 1. The van der Waals surface area contributed by atoms with E-state index in [-0.39, 0.29) is 23.3 Å². The van der Waals surface area contributed by atoms with Crippen molar-refractivity contribution in [2.75, 3.05) is 0 Å². The molecule has 4 fully saturated rings. The first kappa shape index (κ1) is 16.3. The molecule has 0 aromatic carbocycles. The molecule has 0 aliphatic heterocycles. The fourth-order valence-electron chi connectivity index (χ4n) is 6.29. The van der Waals surface area contributed by atoms with Gasteiger partial charge in [0, 0.05) is 11.7 Å². The number of carboxylic acid groups (broad SMARTS) is 1. The van der Waals surface area contributed by atoms with Crippen molar-refractivity contribution < 1.29 is 14.7 Å². The fourth-order valence-corrected chi connectivity index (χ4v) is 6.29. The molecule has 132 valence electrons. The van der Waals surface area contributed by atoms with Gasteiger partial charge in [-0.05, 0) is 67.9 Å². The molecule has 2 N–H and O–H groups in total. The number of rotatable bonds is 5. The molecule has 4 bridgehead atoms. The van der Waals surface area contributed by atoms with Gasteiger partial charge in [-0.3, -0.25) is 9.59 Å². The molecule has 4 aliphatic rings. The third-order valence-corrected chi connectivity index (χ3v) is 6.41. The van der Waals surface area contributed by atoms with Crippen LogP contribution < -0.4 is 5.32 Å². The second-order valence-corrected chi connectivity index (χ2v) is 8.49. The highest BCUT2D eigenvalue weighted by atomic mass is 16.4. The molecule has 0 spiro atoms. The van der Waals surface area contributed by atoms with Crippen LogP contribution in [0.25, 0.3) is 0 Å². The Morgan fingerprint density at radius 3 is 2.68 bits per heavy atom. The van der Waals surface area contributed by atoms with Gasteiger partial charge in [-0.1, -0.05) is 5.92 Å². The predicted molar refractivity (Wildman–Crippen MR) is 92.8 cm³/mol. The number of terminal acetylenes is 1. The van der Waals surface area contributed by atoms with E-state index in [9.17, 15) is 14.7 Å². The van der Waals surface area contributed by atoms with Crippen molar-refractivity contribution in [2.24, 2.45) is 17.3 Å². The number of carbonyl (C=O) groups excluding carboxylic acids is 1. The lowest BCUT2D eigenvalue weighted by Crippen LogP contribution is -2.63. The zero-order valence-electron chi connectivity index (χ0n) is 14.3. The summed E-state index contributed by atoms with van der Waals surface area (Å²) in [4.78, 5) is 24.3. The Bertz CT molecular complexity index is 743. The average Bonchev–Trinajstić information content (AvgIpc) is 2.92. The topological polar surface area (TPSA) is 71.3 Å². The van der Waals surface area contributed by atoms with Crippen molar-refractivity contribution in [3.05, 3.63) is 24.0 Å². The smallest absolute Gasteiger partial charge is 0.303 e. The standard InChI is InChI=1S/C20H24N2O3/c1-2-5-22-6-3-4-16(22)18(25)21-20-10-14-7-15(11-20)9-19(8-14,13-20)12-17(23)24/h1,3-4,6,14-15H,5,7-13H2,(H,21,25)(H,23,24). The summed E-state index contributed by atoms with van der Waals surface area (Å²) in [5.41, 5.74) is 0.201. The van der Waals surface area contributed by atoms with Crippen LogP contribution in [0.1, 0.15) is 55.4 Å². The Labute approximate surface area is 147 Å². The Kier molecular flexibility index (Phi) is 3.68. The van der Waals surface area contributed by atoms with E-state index in [4.69, 9.17) is 6.42 Å². The third-order valence-electron chi connectivity index (χ3n) is 6.41. The second kappa shape index (κ2) is 5.66. The lowest BCUT2D eigenvalue weighted by atomic mass is 9.46. The third kappa shape index (κ3) is 2.84. The summed E-state index contributed by atoms with van der Waals surface area (Å²) >= 11 is 0. The van der Waals surface area contributed by atoms with E-state index in [2.05, 4.69) is 11.2 Å². The number of nitrogens with one attached hydrogen (secondary N) is 1. The maximum absolute atomic E-state index is 12.9. The number of hydrogen-bond donors (Lipinski definition) is 2. The van der Waals surface area contributed by atoms with E-state index >= 15 is 0 Å². The Hall–Kier alpha value is -2.22. The molecular weight excluding hydrogens is 316 g/mol. The summed E-state index contributed by atoms with van der Waals surface area (Å²) in [5.74, 6) is 2.84. The van der Waals surface area contributed by atoms with Gasteiger partial charge in [0.1, 0.15) is 5.69 Å². The number of nitrogens with zero attached hydrogens (tertiary/aromatic N) is 1. The van der Waals surface area contributed by atoms with Crippen molar-refractivity contribution in [3.63, 3.8) is 0 Å². The molecule has 2 atom stereocenters. The van der Waals surface area contributed by atoms with Crippen molar-refractivity contribution >= 4 is 11.9 Å². The molecule has 1 heterocycles. The molecule has 0 radical (unpaired) electrons. The first-order valence-electron chi connectivity index (χ1n) is 9.06. The molecule has 5 rings (SSSR count). The normalized spacial score (nSPS) is 35.3. The molecule has 2 unspecified atom stereocenters. The van der Waals surface area contributed by atoms with Crippen LogP contribution in [0.4, 0.5) is 0 Å². The molecule has 1 amide bonds. The maximum atomic E-state index is 12.9. The van der Waals surface area contributed by atoms with Gasteiger partial charge in [0.15, 0.2) is 0 Å². The first-order valence-corrected chi connectivity index (χ1v) is 9.06. The lowest BCUT2D eigenvalue weighted by Gasteiger charge is -2.62. The van der Waals surface area contributed by atoms with Crippen LogP contribution in [0.5, 0.6) is 0 Å². The van der Waals surface area contributed by atoms with E-state index < -0.39 is 5.97 Å². The van der Waals surface area contributed by atoms with Crippen LogP contribution in [0, 0.1) is 29.6 Å². The number of carboxylic acids is 1. The van der Waals surface area contributed by atoms with E-state index in [0.717, 1.165) is 32.1 Å². The average molecular weight is 340 g/mol. The van der Waals surface area contributed by atoms with Crippen molar-refractivity contribution in [3.8, 4) is 12.3 Å². The number of hydrogen-bond acceptors (Lipinski definition) is 2. The Morgan fingerprint density at radius 2 is 2.04 bits per heavy atom. The minimum Gasteiger partial charge on any atom is -0.481 e. The molecular formula is C20H24N2O3. The molecule has 4 saturated carbocycles. The molecule has 4 aliphatic carbocycles. The highest BCUT2D eigenvalue weighted by Gasteiger charge is 2.58. The zero-order valence-corrected chi connectivity index (χ0v) is 14.3. The van der Waals surface area contributed by atoms with Gasteiger partial charge in [0.05, 0.1) is 13.0 Å². The molecule has 1 aromatic rings. The van der Waals surface area contributed by atoms with Crippen LogP contribution >= 0.6 is 0 Å². The summed E-state index contributed by atoms with van der Waals surface area (Å²) in [6, 6.07) is 3.62. The van der Waals surface area contributed by atoms with E-state index in [1.807, 2.05) is 12.3 Å². The van der Waals surface area contributed by atoms with Gasteiger partial charge in [-0.15, -0.1) is 6.42 Å². The van der Waals surface area contributed by atoms with Crippen LogP contribution in [-0.4, -0.2) is 27.1 Å². The van der Waals surface area contributed by atoms with Crippen LogP contribution in [0.2, 0.25) is 0 Å². The molecule has 25 heavy (non-hydrogen) atoms. The molecule has 5 nitrogen and oxygen atoms in total. The monoisotopic (exact) mass is 340 g/mol. The number of aromatic nitrogens is 1. The van der Waals surface area contributed by atoms with Crippen molar-refractivity contribution in [2.45, 2.75) is 57.0 Å². The summed E-state index contributed by atoms with van der Waals surface area (Å²) in [6.45, 7) is 0.372. The van der Waals surface area contributed by atoms with E-state index in [1.165, 1.54) is 6.42 Å². The van der Waals surface area contributed by atoms with Gasteiger partial charge >= 0.3 is 5.97 Å². The van der Waals surface area contributed by atoms with Gasteiger partial charge in [0.2, 0.25) is 0 Å². The van der Waals surface area contributed by atoms with Gasteiger partial charge in [-0.25, -0.2) is 0 Å². The van der Waals surface area contributed by atoms with E-state index in [1.54, 1.807) is 10.6 Å². The fraction of sp³-hybridized carbons (Fsp3) is 0.600. The van der Waals surface area contributed by atoms with Crippen molar-refractivity contribution in [1.29, 1.82) is 0 Å². The summed E-state index contributed by atoms with van der Waals surface area (Å²) in [5, 5.41) is 12.7. The van der Waals surface area contributed by atoms with Crippen LogP contribution in [-0.2, 0) is 11.3 Å². The van der Waals surface area contributed by atoms with Crippen molar-refractivity contribution in [1.82, 2.24) is 9.88 Å². The molecule has 5 heteroatoms. The number of aliphatic carboxylic acids is 1.